The molecule has 2 aromatic rings. The van der Waals surface area contributed by atoms with Gasteiger partial charge in [0, 0.05) is 49.7 Å². The summed E-state index contributed by atoms with van der Waals surface area (Å²) < 4.78 is 0. The first-order chi connectivity index (χ1) is 13.3. The Morgan fingerprint density at radius 3 is 2.34 bits per heavy atom. The highest BCUT2D eigenvalue weighted by molar-refractivity contribution is 6.42. The third-order valence-electron chi connectivity index (χ3n) is 5.15. The Kier molecular flexibility index (Phi) is 8.44. The molecule has 1 aliphatic carbocycles. The van der Waals surface area contributed by atoms with Crippen molar-refractivity contribution in [2.75, 3.05) is 24.3 Å². The van der Waals surface area contributed by atoms with Crippen LogP contribution in [-0.2, 0) is 0 Å². The number of nitrogens with zero attached hydrogens (tertiary/aromatic N) is 2. The Morgan fingerprint density at radius 2 is 1.72 bits per heavy atom. The van der Waals surface area contributed by atoms with Crippen molar-refractivity contribution >= 4 is 53.0 Å². The Hall–Kier alpha value is -1.69. The zero-order valence-electron chi connectivity index (χ0n) is 16.8. The Bertz CT molecular complexity index is 852. The highest BCUT2D eigenvalue weighted by atomic mass is 35.5. The molecule has 0 aliphatic heterocycles. The first-order valence-corrected chi connectivity index (χ1v) is 10.3. The molecule has 1 aliphatic rings. The van der Waals surface area contributed by atoms with Gasteiger partial charge in [-0.05, 0) is 56.4 Å². The van der Waals surface area contributed by atoms with Crippen LogP contribution in [-0.4, -0.2) is 37.1 Å². The minimum Gasteiger partial charge on any atom is -0.377 e. The molecule has 0 unspecified atom stereocenters. The third kappa shape index (κ3) is 6.14. The van der Waals surface area contributed by atoms with Gasteiger partial charge in [-0.15, -0.1) is 12.4 Å². The summed E-state index contributed by atoms with van der Waals surface area (Å²) in [6, 6.07) is 7.58. The van der Waals surface area contributed by atoms with Gasteiger partial charge >= 0.3 is 0 Å². The average molecular weight is 458 g/mol. The number of amides is 1. The molecule has 29 heavy (non-hydrogen) atoms. The fourth-order valence-corrected chi connectivity index (χ4v) is 3.87. The number of hydrogen-bond acceptors (Lipinski definition) is 4. The van der Waals surface area contributed by atoms with Crippen molar-refractivity contribution in [1.29, 1.82) is 0 Å². The SMILES string of the molecule is Cc1cnc(N[C@H]2CC[C@@H](NC(=O)c3ccc(Cl)c(Cl)c3)CC2)cc1N(C)C.Cl. The second-order valence-electron chi connectivity index (χ2n) is 7.55. The maximum absolute atomic E-state index is 12.4. The molecule has 1 saturated carbocycles. The number of rotatable bonds is 5. The maximum Gasteiger partial charge on any atom is 0.251 e. The number of halogens is 3. The number of aromatic nitrogens is 1. The summed E-state index contributed by atoms with van der Waals surface area (Å²) >= 11 is 11.9. The normalized spacial score (nSPS) is 18.5. The van der Waals surface area contributed by atoms with E-state index in [0.29, 0.717) is 21.7 Å². The van der Waals surface area contributed by atoms with Crippen LogP contribution < -0.4 is 15.5 Å². The van der Waals surface area contributed by atoms with Gasteiger partial charge in [0.05, 0.1) is 10.0 Å². The zero-order chi connectivity index (χ0) is 20.3. The van der Waals surface area contributed by atoms with Gasteiger partial charge in [0.25, 0.3) is 5.91 Å². The van der Waals surface area contributed by atoms with E-state index in [2.05, 4.69) is 33.5 Å². The molecule has 158 valence electrons. The average Bonchev–Trinajstić information content (AvgIpc) is 2.66. The lowest BCUT2D eigenvalue weighted by atomic mass is 9.91. The van der Waals surface area contributed by atoms with Gasteiger partial charge in [-0.2, -0.15) is 0 Å². The van der Waals surface area contributed by atoms with Crippen LogP contribution in [0.1, 0.15) is 41.6 Å². The van der Waals surface area contributed by atoms with E-state index in [-0.39, 0.29) is 24.4 Å². The molecule has 1 amide bonds. The van der Waals surface area contributed by atoms with Gasteiger partial charge in [0.1, 0.15) is 5.82 Å². The van der Waals surface area contributed by atoms with Crippen molar-refractivity contribution in [3.63, 3.8) is 0 Å². The van der Waals surface area contributed by atoms with Crippen molar-refractivity contribution in [3.05, 3.63) is 51.6 Å². The van der Waals surface area contributed by atoms with E-state index in [1.165, 1.54) is 5.69 Å². The minimum absolute atomic E-state index is 0. The van der Waals surface area contributed by atoms with Crippen LogP contribution in [0.15, 0.2) is 30.5 Å². The molecule has 8 heteroatoms. The molecule has 1 fully saturated rings. The van der Waals surface area contributed by atoms with E-state index in [1.807, 2.05) is 20.3 Å². The summed E-state index contributed by atoms with van der Waals surface area (Å²) in [5.74, 6) is 0.795. The monoisotopic (exact) mass is 456 g/mol. The molecule has 0 saturated heterocycles. The molecule has 1 aromatic heterocycles. The van der Waals surface area contributed by atoms with Crippen molar-refractivity contribution in [1.82, 2.24) is 10.3 Å². The fourth-order valence-electron chi connectivity index (χ4n) is 3.57. The van der Waals surface area contributed by atoms with Gasteiger partial charge in [0.2, 0.25) is 0 Å². The number of nitrogens with one attached hydrogen (secondary N) is 2. The third-order valence-corrected chi connectivity index (χ3v) is 5.89. The van der Waals surface area contributed by atoms with Gasteiger partial charge in [-0.25, -0.2) is 4.98 Å². The van der Waals surface area contributed by atoms with Gasteiger partial charge in [-0.3, -0.25) is 4.79 Å². The van der Waals surface area contributed by atoms with Crippen LogP contribution in [0.25, 0.3) is 0 Å². The first-order valence-electron chi connectivity index (χ1n) is 9.50. The van der Waals surface area contributed by atoms with Gasteiger partial charge in [-0.1, -0.05) is 23.2 Å². The fraction of sp³-hybridized carbons (Fsp3) is 0.429. The highest BCUT2D eigenvalue weighted by Crippen LogP contribution is 2.26. The highest BCUT2D eigenvalue weighted by Gasteiger charge is 2.23. The molecule has 5 nitrogen and oxygen atoms in total. The number of anilines is 2. The number of carbonyl (C=O) groups is 1. The number of carbonyl (C=O) groups excluding carboxylic acids is 1. The van der Waals surface area contributed by atoms with Crippen molar-refractivity contribution < 1.29 is 4.79 Å². The Labute approximate surface area is 188 Å². The number of benzene rings is 1. The van der Waals surface area contributed by atoms with Crippen LogP contribution in [0.3, 0.4) is 0 Å². The van der Waals surface area contributed by atoms with Crippen LogP contribution in [0.5, 0.6) is 0 Å². The lowest BCUT2D eigenvalue weighted by Crippen LogP contribution is -2.40. The second-order valence-corrected chi connectivity index (χ2v) is 8.36. The van der Waals surface area contributed by atoms with Crippen LogP contribution >= 0.6 is 35.6 Å². The lowest BCUT2D eigenvalue weighted by Gasteiger charge is -2.30. The second kappa shape index (κ2) is 10.4. The van der Waals surface area contributed by atoms with Crippen molar-refractivity contribution in [2.24, 2.45) is 0 Å². The Morgan fingerprint density at radius 1 is 1.07 bits per heavy atom. The number of hydrogen-bond donors (Lipinski definition) is 2. The van der Waals surface area contributed by atoms with E-state index in [1.54, 1.807) is 18.2 Å². The summed E-state index contributed by atoms with van der Waals surface area (Å²) in [4.78, 5) is 19.0. The molecule has 3 rings (SSSR count). The largest absolute Gasteiger partial charge is 0.377 e. The van der Waals surface area contributed by atoms with Crippen LogP contribution in [0, 0.1) is 6.92 Å². The van der Waals surface area contributed by atoms with Gasteiger partial charge in [0.15, 0.2) is 0 Å². The maximum atomic E-state index is 12.4. The smallest absolute Gasteiger partial charge is 0.251 e. The molecule has 1 heterocycles. The quantitative estimate of drug-likeness (QED) is 0.636. The lowest BCUT2D eigenvalue weighted by molar-refractivity contribution is 0.0926. The van der Waals surface area contributed by atoms with E-state index in [4.69, 9.17) is 23.2 Å². The molecule has 1 aromatic carbocycles. The van der Waals surface area contributed by atoms with E-state index in [0.717, 1.165) is 37.1 Å². The van der Waals surface area contributed by atoms with Gasteiger partial charge < -0.3 is 15.5 Å². The molecular weight excluding hydrogens is 431 g/mol. The molecule has 0 radical (unpaired) electrons. The molecule has 0 bridgehead atoms. The molecule has 0 atom stereocenters. The molecule has 0 spiro atoms. The summed E-state index contributed by atoms with van der Waals surface area (Å²) in [7, 11) is 4.07. The van der Waals surface area contributed by atoms with E-state index >= 15 is 0 Å². The van der Waals surface area contributed by atoms with Crippen LogP contribution in [0.2, 0.25) is 10.0 Å². The standard InChI is InChI=1S/C21H26Cl2N4O.ClH/c1-13-12-24-20(11-19(13)27(2)3)25-15-5-7-16(8-6-15)26-21(28)14-4-9-17(22)18(23)10-14;/h4,9-12,15-16H,5-8H2,1-3H3,(H,24,25)(H,26,28);1H/t15-,16+;. The summed E-state index contributed by atoms with van der Waals surface area (Å²) in [6.45, 7) is 2.06. The predicted molar refractivity (Wildman–Crippen MR) is 124 cm³/mol. The summed E-state index contributed by atoms with van der Waals surface area (Å²) in [5.41, 5.74) is 2.86. The molecular formula is C21H27Cl3N4O. The van der Waals surface area contributed by atoms with Crippen molar-refractivity contribution in [2.45, 2.75) is 44.7 Å². The minimum atomic E-state index is -0.106. The van der Waals surface area contributed by atoms with Crippen LogP contribution in [0.4, 0.5) is 11.5 Å². The first kappa shape index (κ1) is 23.6. The summed E-state index contributed by atoms with van der Waals surface area (Å²) in [6.07, 6.45) is 5.73. The van der Waals surface area contributed by atoms with Crippen molar-refractivity contribution in [3.8, 4) is 0 Å². The number of pyridine rings is 1. The Balaban J connectivity index is 0.00000300. The predicted octanol–water partition coefficient (Wildman–Crippen LogP) is 5.34. The topological polar surface area (TPSA) is 57.3 Å². The summed E-state index contributed by atoms with van der Waals surface area (Å²) in [5, 5.41) is 7.49. The zero-order valence-corrected chi connectivity index (χ0v) is 19.2. The number of aryl methyl sites for hydroxylation is 1. The van der Waals surface area contributed by atoms with E-state index in [9.17, 15) is 4.79 Å². The molecule has 2 N–H and O–H groups in total. The van der Waals surface area contributed by atoms with E-state index < -0.39 is 0 Å².